The van der Waals surface area contributed by atoms with Crippen molar-refractivity contribution < 1.29 is 9.59 Å². The number of aromatic nitrogens is 4. The van der Waals surface area contributed by atoms with E-state index >= 15 is 0 Å². The van der Waals surface area contributed by atoms with Gasteiger partial charge in [0, 0.05) is 19.1 Å². The third kappa shape index (κ3) is 4.75. The van der Waals surface area contributed by atoms with Gasteiger partial charge in [0.2, 0.25) is 17.0 Å². The van der Waals surface area contributed by atoms with Gasteiger partial charge < -0.3 is 10.2 Å². The highest BCUT2D eigenvalue weighted by Crippen LogP contribution is 2.36. The van der Waals surface area contributed by atoms with Crippen LogP contribution in [-0.2, 0) is 9.59 Å². The number of carbonyl (C=O) groups is 2. The Hall–Kier alpha value is -1.64. The Morgan fingerprint density at radius 2 is 2.08 bits per heavy atom. The van der Waals surface area contributed by atoms with Crippen LogP contribution in [0.1, 0.15) is 58.4 Å². The largest absolute Gasteiger partial charge is 0.356 e. The Kier molecular flexibility index (Phi) is 6.50. The van der Waals surface area contributed by atoms with Crippen LogP contribution in [0.25, 0.3) is 0 Å². The lowest BCUT2D eigenvalue weighted by atomic mass is 9.92. The summed E-state index contributed by atoms with van der Waals surface area (Å²) < 4.78 is 1.82. The Labute approximate surface area is 158 Å². The first-order chi connectivity index (χ1) is 12.6. The number of piperidine rings is 1. The van der Waals surface area contributed by atoms with Gasteiger partial charge in [-0.1, -0.05) is 25.1 Å². The second-order valence-corrected chi connectivity index (χ2v) is 8.18. The van der Waals surface area contributed by atoms with E-state index in [2.05, 4.69) is 34.7 Å². The quantitative estimate of drug-likeness (QED) is 0.544. The highest BCUT2D eigenvalue weighted by atomic mass is 32.2. The van der Waals surface area contributed by atoms with Gasteiger partial charge in [0.25, 0.3) is 0 Å². The van der Waals surface area contributed by atoms with Gasteiger partial charge in [0.15, 0.2) is 0 Å². The van der Waals surface area contributed by atoms with Crippen LogP contribution in [0, 0.1) is 5.92 Å². The van der Waals surface area contributed by atoms with E-state index in [1.54, 1.807) is 0 Å². The molecule has 1 aromatic rings. The maximum Gasteiger partial charge on any atom is 0.233 e. The Morgan fingerprint density at radius 3 is 2.81 bits per heavy atom. The normalized spacial score (nSPS) is 23.1. The molecule has 2 fully saturated rings. The smallest absolute Gasteiger partial charge is 0.233 e. The lowest BCUT2D eigenvalue weighted by Gasteiger charge is -2.37. The summed E-state index contributed by atoms with van der Waals surface area (Å²) in [5, 5.41) is 15.5. The SMILES string of the molecule is CCCCNC(=O)C1CCC(C)N(C(=O)CSc2nnnn2C2CC2)C1. The molecule has 8 nitrogen and oxygen atoms in total. The fourth-order valence-corrected chi connectivity index (χ4v) is 4.07. The van der Waals surface area contributed by atoms with Crippen molar-refractivity contribution in [2.45, 2.75) is 69.6 Å². The number of thioether (sulfide) groups is 1. The predicted octanol–water partition coefficient (Wildman–Crippen LogP) is 1.64. The number of amides is 2. The molecule has 2 atom stereocenters. The van der Waals surface area contributed by atoms with Gasteiger partial charge in [0.1, 0.15) is 0 Å². The summed E-state index contributed by atoms with van der Waals surface area (Å²) in [6, 6.07) is 0.565. The van der Waals surface area contributed by atoms with E-state index in [0.29, 0.717) is 23.5 Å². The molecule has 2 unspecified atom stereocenters. The molecule has 0 spiro atoms. The van der Waals surface area contributed by atoms with Crippen LogP contribution in [0.4, 0.5) is 0 Å². The van der Waals surface area contributed by atoms with Crippen LogP contribution in [-0.4, -0.2) is 61.8 Å². The standard InChI is InChI=1S/C17H28N6O2S/c1-3-4-9-18-16(25)13-6-5-12(2)22(10-13)15(24)11-26-17-19-20-21-23(17)14-7-8-14/h12-14H,3-11H2,1-2H3,(H,18,25). The number of nitrogens with zero attached hydrogens (tertiary/aromatic N) is 5. The van der Waals surface area contributed by atoms with Gasteiger partial charge in [0.05, 0.1) is 17.7 Å². The number of hydrogen-bond donors (Lipinski definition) is 1. The summed E-state index contributed by atoms with van der Waals surface area (Å²) in [6.07, 6.45) is 5.96. The first-order valence-corrected chi connectivity index (χ1v) is 10.6. The van der Waals surface area contributed by atoms with Crippen LogP contribution in [0.15, 0.2) is 5.16 Å². The van der Waals surface area contributed by atoms with E-state index in [9.17, 15) is 9.59 Å². The number of nitrogens with one attached hydrogen (secondary N) is 1. The number of unbranched alkanes of at least 4 members (excludes halogenated alkanes) is 1. The first kappa shape index (κ1) is 19.1. The lowest BCUT2D eigenvalue weighted by molar-refractivity contribution is -0.136. The topological polar surface area (TPSA) is 93.0 Å². The summed E-state index contributed by atoms with van der Waals surface area (Å²) in [7, 11) is 0. The van der Waals surface area contributed by atoms with Crippen LogP contribution in [0.5, 0.6) is 0 Å². The molecule has 0 aromatic carbocycles. The molecule has 9 heteroatoms. The molecule has 1 aliphatic carbocycles. The van der Waals surface area contributed by atoms with E-state index in [1.807, 2.05) is 9.58 Å². The zero-order chi connectivity index (χ0) is 18.5. The monoisotopic (exact) mass is 380 g/mol. The molecule has 1 aromatic heterocycles. The van der Waals surface area contributed by atoms with Gasteiger partial charge in [-0.15, -0.1) is 5.10 Å². The molecule has 3 rings (SSSR count). The van der Waals surface area contributed by atoms with E-state index < -0.39 is 0 Å². The van der Waals surface area contributed by atoms with Crippen molar-refractivity contribution in [3.05, 3.63) is 0 Å². The molecule has 1 saturated heterocycles. The maximum absolute atomic E-state index is 12.7. The van der Waals surface area contributed by atoms with E-state index in [0.717, 1.165) is 45.1 Å². The first-order valence-electron chi connectivity index (χ1n) is 9.58. The van der Waals surface area contributed by atoms with Crippen molar-refractivity contribution in [1.82, 2.24) is 30.4 Å². The maximum atomic E-state index is 12.7. The lowest BCUT2D eigenvalue weighted by Crippen LogP contribution is -2.50. The second kappa shape index (κ2) is 8.83. The second-order valence-electron chi connectivity index (χ2n) is 7.24. The highest BCUT2D eigenvalue weighted by molar-refractivity contribution is 7.99. The molecule has 2 aliphatic rings. The summed E-state index contributed by atoms with van der Waals surface area (Å²) in [6.45, 7) is 5.38. The van der Waals surface area contributed by atoms with Crippen molar-refractivity contribution in [1.29, 1.82) is 0 Å². The zero-order valence-corrected chi connectivity index (χ0v) is 16.4. The average Bonchev–Trinajstić information content (AvgIpc) is 3.38. The molecule has 2 amide bonds. The number of carbonyl (C=O) groups excluding carboxylic acids is 2. The van der Waals surface area contributed by atoms with E-state index in [1.165, 1.54) is 11.8 Å². The summed E-state index contributed by atoms with van der Waals surface area (Å²) in [5.41, 5.74) is 0. The van der Waals surface area contributed by atoms with Crippen molar-refractivity contribution >= 4 is 23.6 Å². The number of tetrazole rings is 1. The van der Waals surface area contributed by atoms with Crippen molar-refractivity contribution in [3.8, 4) is 0 Å². The molecule has 144 valence electrons. The molecule has 1 N–H and O–H groups in total. The minimum Gasteiger partial charge on any atom is -0.356 e. The molecule has 0 radical (unpaired) electrons. The fourth-order valence-electron chi connectivity index (χ4n) is 3.24. The summed E-state index contributed by atoms with van der Waals surface area (Å²) in [5.74, 6) is 0.336. The molecule has 2 heterocycles. The molecular weight excluding hydrogens is 352 g/mol. The minimum atomic E-state index is -0.103. The molecule has 0 bridgehead atoms. The van der Waals surface area contributed by atoms with Crippen LogP contribution in [0.2, 0.25) is 0 Å². The molecule has 26 heavy (non-hydrogen) atoms. The minimum absolute atomic E-state index is 0.0545. The van der Waals surface area contributed by atoms with E-state index in [-0.39, 0.29) is 23.8 Å². The molecular formula is C17H28N6O2S. The summed E-state index contributed by atoms with van der Waals surface area (Å²) >= 11 is 1.39. The van der Waals surface area contributed by atoms with Gasteiger partial charge in [-0.2, -0.15) is 0 Å². The van der Waals surface area contributed by atoms with Crippen LogP contribution >= 0.6 is 11.8 Å². The fraction of sp³-hybridized carbons (Fsp3) is 0.824. The third-order valence-electron chi connectivity index (χ3n) is 5.08. The number of hydrogen-bond acceptors (Lipinski definition) is 6. The Balaban J connectivity index is 1.51. The summed E-state index contributed by atoms with van der Waals surface area (Å²) in [4.78, 5) is 26.9. The zero-order valence-electron chi connectivity index (χ0n) is 15.6. The highest BCUT2D eigenvalue weighted by Gasteiger charge is 2.33. The molecule has 1 aliphatic heterocycles. The number of rotatable bonds is 8. The van der Waals surface area contributed by atoms with Gasteiger partial charge >= 0.3 is 0 Å². The Bertz CT molecular complexity index is 633. The molecule has 1 saturated carbocycles. The van der Waals surface area contributed by atoms with Gasteiger partial charge in [-0.05, 0) is 49.5 Å². The van der Waals surface area contributed by atoms with Crippen molar-refractivity contribution in [3.63, 3.8) is 0 Å². The average molecular weight is 381 g/mol. The van der Waals surface area contributed by atoms with Crippen molar-refractivity contribution in [2.24, 2.45) is 5.92 Å². The van der Waals surface area contributed by atoms with Gasteiger partial charge in [-0.25, -0.2) is 4.68 Å². The number of likely N-dealkylation sites (tertiary alicyclic amines) is 1. The van der Waals surface area contributed by atoms with Crippen LogP contribution < -0.4 is 5.32 Å². The predicted molar refractivity (Wildman–Crippen MR) is 98.6 cm³/mol. The third-order valence-corrected chi connectivity index (χ3v) is 6.00. The van der Waals surface area contributed by atoms with E-state index in [4.69, 9.17) is 0 Å². The van der Waals surface area contributed by atoms with Crippen LogP contribution in [0.3, 0.4) is 0 Å². The van der Waals surface area contributed by atoms with Crippen molar-refractivity contribution in [2.75, 3.05) is 18.8 Å². The van der Waals surface area contributed by atoms with Gasteiger partial charge in [-0.3, -0.25) is 9.59 Å². The Morgan fingerprint density at radius 1 is 1.27 bits per heavy atom.